The topological polar surface area (TPSA) is 81.2 Å². The molecule has 0 radical (unpaired) electrons. The van der Waals surface area contributed by atoms with E-state index in [1.165, 1.54) is 44.8 Å². The minimum Gasteiger partial charge on any atom is -0.448 e. The van der Waals surface area contributed by atoms with Gasteiger partial charge in [0.25, 0.3) is 5.91 Å². The summed E-state index contributed by atoms with van der Waals surface area (Å²) < 4.78 is 5.31. The van der Waals surface area contributed by atoms with Crippen molar-refractivity contribution in [1.29, 1.82) is 0 Å². The smallest absolute Gasteiger partial charge is 0.273 e. The number of nitrogens with zero attached hydrogens (tertiary/aromatic N) is 1. The second kappa shape index (κ2) is 5.62. The first-order valence-corrected chi connectivity index (χ1v) is 9.06. The third-order valence-corrected chi connectivity index (χ3v) is 6.75. The Morgan fingerprint density at radius 3 is 3.13 bits per heavy atom. The first kappa shape index (κ1) is 15.2. The first-order valence-electron chi connectivity index (χ1n) is 9.06. The van der Waals surface area contributed by atoms with Gasteiger partial charge in [-0.1, -0.05) is 0 Å². The van der Waals surface area contributed by atoms with E-state index in [1.807, 2.05) is 0 Å². The van der Waals surface area contributed by atoms with Crippen LogP contribution in [0.2, 0.25) is 0 Å². The Labute approximate surface area is 137 Å². The number of aromatic nitrogens is 1. The van der Waals surface area contributed by atoms with Crippen LogP contribution in [0.15, 0.2) is 10.7 Å². The molecule has 0 aliphatic heterocycles. The molecule has 1 aromatic heterocycles. The zero-order valence-electron chi connectivity index (χ0n) is 13.9. The maximum Gasteiger partial charge on any atom is 0.273 e. The SMILES string of the molecule is CC(NC(=O)c1coc(CCN)n1)C12CCC3CC(CC1C3)C2. The van der Waals surface area contributed by atoms with Crippen molar-refractivity contribution >= 4 is 5.91 Å². The molecule has 0 saturated heterocycles. The molecule has 0 spiro atoms. The molecule has 3 aliphatic carbocycles. The van der Waals surface area contributed by atoms with E-state index in [9.17, 15) is 4.79 Å². The average Bonchev–Trinajstić information content (AvgIpc) is 3.05. The van der Waals surface area contributed by atoms with Gasteiger partial charge in [-0.2, -0.15) is 0 Å². The molecular weight excluding hydrogens is 290 g/mol. The van der Waals surface area contributed by atoms with Crippen LogP contribution in [0.5, 0.6) is 0 Å². The van der Waals surface area contributed by atoms with Crippen LogP contribution in [0, 0.1) is 23.2 Å². The number of oxazole rings is 1. The van der Waals surface area contributed by atoms with Crippen LogP contribution in [-0.4, -0.2) is 23.5 Å². The molecule has 1 amide bonds. The Morgan fingerprint density at radius 2 is 2.30 bits per heavy atom. The number of amides is 1. The average molecular weight is 317 g/mol. The Kier molecular flexibility index (Phi) is 3.71. The maximum absolute atomic E-state index is 12.5. The number of rotatable bonds is 5. The minimum absolute atomic E-state index is 0.109. The lowest BCUT2D eigenvalue weighted by atomic mass is 9.61. The number of carbonyl (C=O) groups is 1. The Hall–Kier alpha value is -1.36. The fourth-order valence-electron chi connectivity index (χ4n) is 5.73. The summed E-state index contributed by atoms with van der Waals surface area (Å²) in [5, 5.41) is 3.23. The number of fused-ring (bicyclic) bond motifs is 2. The number of carbonyl (C=O) groups excluding carboxylic acids is 1. The zero-order valence-corrected chi connectivity index (χ0v) is 13.9. The summed E-state index contributed by atoms with van der Waals surface area (Å²) in [6, 6.07) is 0.207. The quantitative estimate of drug-likeness (QED) is 0.874. The van der Waals surface area contributed by atoms with Crippen molar-refractivity contribution < 1.29 is 9.21 Å². The van der Waals surface area contributed by atoms with Crippen molar-refractivity contribution in [2.24, 2.45) is 28.9 Å². The van der Waals surface area contributed by atoms with E-state index >= 15 is 0 Å². The van der Waals surface area contributed by atoms with Crippen molar-refractivity contribution in [1.82, 2.24) is 10.3 Å². The molecule has 0 aromatic carbocycles. The number of nitrogens with two attached hydrogens (primary N) is 1. The van der Waals surface area contributed by atoms with Crippen molar-refractivity contribution in [2.45, 2.75) is 57.9 Å². The summed E-state index contributed by atoms with van der Waals surface area (Å²) in [6.07, 6.45) is 10.1. The van der Waals surface area contributed by atoms with Crippen LogP contribution < -0.4 is 11.1 Å². The lowest BCUT2D eigenvalue weighted by molar-refractivity contribution is 0.0519. The van der Waals surface area contributed by atoms with Crippen LogP contribution in [0.3, 0.4) is 0 Å². The third-order valence-electron chi connectivity index (χ3n) is 6.75. The standard InChI is InChI=1S/C18H27N3O2/c1-11(20-17(22)15-10-23-16(21-15)3-5-19)18-4-2-12-6-13(9-18)8-14(18)7-12/h10-14H,2-9,19H2,1H3,(H,20,22). The summed E-state index contributed by atoms with van der Waals surface area (Å²) in [5.74, 6) is 3.08. The molecule has 3 aliphatic rings. The lowest BCUT2D eigenvalue weighted by Gasteiger charge is -2.46. The molecule has 3 fully saturated rings. The summed E-state index contributed by atoms with van der Waals surface area (Å²) in [7, 11) is 0. The molecule has 23 heavy (non-hydrogen) atoms. The molecule has 5 atom stereocenters. The fourth-order valence-corrected chi connectivity index (χ4v) is 5.73. The molecule has 4 rings (SSSR count). The predicted molar refractivity (Wildman–Crippen MR) is 86.8 cm³/mol. The van der Waals surface area contributed by atoms with Gasteiger partial charge in [0, 0.05) is 19.0 Å². The molecule has 5 nitrogen and oxygen atoms in total. The number of nitrogens with one attached hydrogen (secondary N) is 1. The van der Waals surface area contributed by atoms with Crippen molar-refractivity contribution in [3.8, 4) is 0 Å². The largest absolute Gasteiger partial charge is 0.448 e. The lowest BCUT2D eigenvalue weighted by Crippen LogP contribution is -2.49. The minimum atomic E-state index is -0.109. The fraction of sp³-hybridized carbons (Fsp3) is 0.778. The van der Waals surface area contributed by atoms with E-state index in [1.54, 1.807) is 0 Å². The molecule has 3 N–H and O–H groups in total. The van der Waals surface area contributed by atoms with E-state index in [4.69, 9.17) is 10.2 Å². The van der Waals surface area contributed by atoms with E-state index < -0.39 is 0 Å². The van der Waals surface area contributed by atoms with Crippen LogP contribution >= 0.6 is 0 Å². The van der Waals surface area contributed by atoms with Gasteiger partial charge in [0.2, 0.25) is 0 Å². The van der Waals surface area contributed by atoms with Crippen LogP contribution in [0.1, 0.15) is 61.8 Å². The van der Waals surface area contributed by atoms with Gasteiger partial charge < -0.3 is 15.5 Å². The molecule has 5 unspecified atom stereocenters. The van der Waals surface area contributed by atoms with E-state index in [2.05, 4.69) is 17.2 Å². The molecule has 1 heterocycles. The van der Waals surface area contributed by atoms with Crippen molar-refractivity contribution in [2.75, 3.05) is 6.54 Å². The second-order valence-corrected chi connectivity index (χ2v) is 7.97. The summed E-state index contributed by atoms with van der Waals surface area (Å²) >= 11 is 0. The molecule has 3 bridgehead atoms. The third kappa shape index (κ3) is 2.49. The first-order chi connectivity index (χ1) is 11.1. The molecule has 126 valence electrons. The Morgan fingerprint density at radius 1 is 1.48 bits per heavy atom. The monoisotopic (exact) mass is 317 g/mol. The maximum atomic E-state index is 12.5. The van der Waals surface area contributed by atoms with Crippen molar-refractivity contribution in [3.63, 3.8) is 0 Å². The summed E-state index contributed by atoms with van der Waals surface area (Å²) in [4.78, 5) is 16.8. The number of hydrogen-bond acceptors (Lipinski definition) is 4. The van der Waals surface area contributed by atoms with Gasteiger partial charge in [0.15, 0.2) is 11.6 Å². The van der Waals surface area contributed by atoms with E-state index in [0.717, 1.165) is 17.8 Å². The number of hydrogen-bond donors (Lipinski definition) is 2. The van der Waals surface area contributed by atoms with Gasteiger partial charge in [-0.05, 0) is 68.6 Å². The van der Waals surface area contributed by atoms with Crippen LogP contribution in [0.25, 0.3) is 0 Å². The van der Waals surface area contributed by atoms with Gasteiger partial charge in [-0.15, -0.1) is 0 Å². The second-order valence-electron chi connectivity index (χ2n) is 7.97. The van der Waals surface area contributed by atoms with Gasteiger partial charge in [0.1, 0.15) is 6.26 Å². The van der Waals surface area contributed by atoms with Gasteiger partial charge in [-0.3, -0.25) is 4.79 Å². The van der Waals surface area contributed by atoms with Crippen LogP contribution in [-0.2, 0) is 6.42 Å². The van der Waals surface area contributed by atoms with Gasteiger partial charge >= 0.3 is 0 Å². The van der Waals surface area contributed by atoms with Gasteiger partial charge in [0.05, 0.1) is 0 Å². The van der Waals surface area contributed by atoms with Crippen molar-refractivity contribution in [3.05, 3.63) is 17.8 Å². The molecule has 5 heteroatoms. The van der Waals surface area contributed by atoms with E-state index in [-0.39, 0.29) is 11.9 Å². The summed E-state index contributed by atoms with van der Waals surface area (Å²) in [5.41, 5.74) is 6.20. The highest BCUT2D eigenvalue weighted by atomic mass is 16.3. The summed E-state index contributed by atoms with van der Waals surface area (Å²) in [6.45, 7) is 2.67. The molecule has 1 aromatic rings. The Bertz CT molecular complexity index is 599. The highest BCUT2D eigenvalue weighted by Gasteiger charge is 2.56. The molecule has 3 saturated carbocycles. The van der Waals surface area contributed by atoms with Crippen LogP contribution in [0.4, 0.5) is 0 Å². The normalized spacial score (nSPS) is 36.2. The van der Waals surface area contributed by atoms with Gasteiger partial charge in [-0.25, -0.2) is 4.98 Å². The Balaban J connectivity index is 1.46. The zero-order chi connectivity index (χ0) is 16.0. The predicted octanol–water partition coefficient (Wildman–Crippen LogP) is 2.51. The highest BCUT2D eigenvalue weighted by Crippen LogP contribution is 2.63. The molecular formula is C18H27N3O2. The highest BCUT2D eigenvalue weighted by molar-refractivity contribution is 5.92. The van der Waals surface area contributed by atoms with E-state index in [0.29, 0.717) is 30.0 Å².